The van der Waals surface area contributed by atoms with Gasteiger partial charge in [-0.05, 0) is 36.2 Å². The van der Waals surface area contributed by atoms with E-state index in [1.54, 1.807) is 25.4 Å². The summed E-state index contributed by atoms with van der Waals surface area (Å²) in [5, 5.41) is 6.47. The molecule has 0 fully saturated rings. The van der Waals surface area contributed by atoms with Gasteiger partial charge in [0.25, 0.3) is 0 Å². The lowest BCUT2D eigenvalue weighted by Crippen LogP contribution is -2.09. The number of nitrogens with one attached hydrogen (secondary N) is 2. The third-order valence-corrected chi connectivity index (χ3v) is 3.92. The zero-order chi connectivity index (χ0) is 18.2. The minimum atomic E-state index is -0.219. The third kappa shape index (κ3) is 4.92. The first-order valence-electron chi connectivity index (χ1n) is 8.42. The smallest absolute Gasteiger partial charge is 0.224 e. The zero-order valence-corrected chi connectivity index (χ0v) is 14.6. The van der Waals surface area contributed by atoms with Crippen molar-refractivity contribution in [1.29, 1.82) is 0 Å². The van der Waals surface area contributed by atoms with Crippen molar-refractivity contribution in [2.24, 2.45) is 0 Å². The van der Waals surface area contributed by atoms with Crippen LogP contribution in [0.3, 0.4) is 0 Å². The van der Waals surface area contributed by atoms with Crippen molar-refractivity contribution in [2.45, 2.75) is 13.0 Å². The number of para-hydroxylation sites is 1. The fourth-order valence-electron chi connectivity index (χ4n) is 2.55. The van der Waals surface area contributed by atoms with Crippen LogP contribution < -0.4 is 15.4 Å². The highest BCUT2D eigenvalue weighted by Gasteiger charge is 2.03. The molecule has 3 aromatic rings. The van der Waals surface area contributed by atoms with E-state index in [-0.39, 0.29) is 5.82 Å². The lowest BCUT2D eigenvalue weighted by Gasteiger charge is -2.10. The van der Waals surface area contributed by atoms with Crippen LogP contribution in [0, 0.1) is 5.82 Å². The van der Waals surface area contributed by atoms with Gasteiger partial charge in [-0.15, -0.1) is 0 Å². The number of hydrogen-bond acceptors (Lipinski definition) is 5. The average molecular weight is 352 g/mol. The molecular formula is C20H21FN4O. The molecule has 0 atom stereocenters. The molecule has 2 aromatic carbocycles. The number of methoxy groups -OCH3 is 1. The van der Waals surface area contributed by atoms with Crippen LogP contribution in [0.4, 0.5) is 16.2 Å². The summed E-state index contributed by atoms with van der Waals surface area (Å²) in [5.41, 5.74) is 2.11. The van der Waals surface area contributed by atoms with Gasteiger partial charge in [0.1, 0.15) is 17.4 Å². The molecule has 1 aromatic heterocycles. The van der Waals surface area contributed by atoms with Gasteiger partial charge in [-0.2, -0.15) is 4.98 Å². The molecule has 0 bridgehead atoms. The van der Waals surface area contributed by atoms with Crippen LogP contribution in [0.1, 0.15) is 11.1 Å². The Kier molecular flexibility index (Phi) is 5.98. The number of aromatic nitrogens is 2. The maximum absolute atomic E-state index is 12.9. The molecule has 0 saturated carbocycles. The van der Waals surface area contributed by atoms with Crippen LogP contribution in [0.15, 0.2) is 60.8 Å². The van der Waals surface area contributed by atoms with Gasteiger partial charge in [-0.1, -0.05) is 30.3 Å². The van der Waals surface area contributed by atoms with Gasteiger partial charge < -0.3 is 15.4 Å². The molecule has 0 radical (unpaired) electrons. The lowest BCUT2D eigenvalue weighted by molar-refractivity contribution is 0.410. The predicted octanol–water partition coefficient (Wildman–Crippen LogP) is 3.89. The maximum atomic E-state index is 12.9. The summed E-state index contributed by atoms with van der Waals surface area (Å²) in [4.78, 5) is 8.70. The zero-order valence-electron chi connectivity index (χ0n) is 14.6. The van der Waals surface area contributed by atoms with Gasteiger partial charge in [-0.3, -0.25) is 0 Å². The molecule has 1 heterocycles. The van der Waals surface area contributed by atoms with Crippen molar-refractivity contribution in [2.75, 3.05) is 24.3 Å². The third-order valence-electron chi connectivity index (χ3n) is 3.92. The maximum Gasteiger partial charge on any atom is 0.224 e. The predicted molar refractivity (Wildman–Crippen MR) is 101 cm³/mol. The molecule has 2 N–H and O–H groups in total. The Morgan fingerprint density at radius 3 is 2.62 bits per heavy atom. The average Bonchev–Trinajstić information content (AvgIpc) is 2.68. The van der Waals surface area contributed by atoms with E-state index in [9.17, 15) is 4.39 Å². The first-order valence-corrected chi connectivity index (χ1v) is 8.42. The standard InChI is InChI=1S/C20H21FN4O/c1-26-18-5-3-2-4-16(18)14-24-20-23-13-11-19(25-20)22-12-10-15-6-8-17(21)9-7-15/h2-9,11,13H,10,12,14H2,1H3,(H2,22,23,24,25). The molecule has 0 saturated heterocycles. The second-order valence-electron chi connectivity index (χ2n) is 5.73. The van der Waals surface area contributed by atoms with Gasteiger partial charge >= 0.3 is 0 Å². The Morgan fingerprint density at radius 1 is 1.00 bits per heavy atom. The molecule has 5 nitrogen and oxygen atoms in total. The molecule has 6 heteroatoms. The Morgan fingerprint density at radius 2 is 1.81 bits per heavy atom. The first-order chi connectivity index (χ1) is 12.7. The van der Waals surface area contributed by atoms with E-state index >= 15 is 0 Å². The molecule has 3 rings (SSSR count). The van der Waals surface area contributed by atoms with Gasteiger partial charge in [0.2, 0.25) is 5.95 Å². The van der Waals surface area contributed by atoms with Crippen LogP contribution in [-0.4, -0.2) is 23.6 Å². The van der Waals surface area contributed by atoms with Crippen LogP contribution in [0.2, 0.25) is 0 Å². The van der Waals surface area contributed by atoms with Gasteiger partial charge in [0.05, 0.1) is 7.11 Å². The molecule has 0 aliphatic rings. The fourth-order valence-corrected chi connectivity index (χ4v) is 2.55. The number of hydrogen-bond donors (Lipinski definition) is 2. The highest BCUT2D eigenvalue weighted by molar-refractivity contribution is 5.41. The number of anilines is 2. The van der Waals surface area contributed by atoms with Gasteiger partial charge in [0.15, 0.2) is 0 Å². The summed E-state index contributed by atoms with van der Waals surface area (Å²) in [6, 6.07) is 16.2. The Balaban J connectivity index is 1.53. The SMILES string of the molecule is COc1ccccc1CNc1nccc(NCCc2ccc(F)cc2)n1. The summed E-state index contributed by atoms with van der Waals surface area (Å²) < 4.78 is 18.3. The number of benzene rings is 2. The molecule has 0 aliphatic carbocycles. The molecule has 0 unspecified atom stereocenters. The monoisotopic (exact) mass is 352 g/mol. The van der Waals surface area contributed by atoms with Crippen LogP contribution in [0.5, 0.6) is 5.75 Å². The Hall–Kier alpha value is -3.15. The summed E-state index contributed by atoms with van der Waals surface area (Å²) in [6.45, 7) is 1.28. The van der Waals surface area contributed by atoms with Crippen molar-refractivity contribution in [3.8, 4) is 5.75 Å². The summed E-state index contributed by atoms with van der Waals surface area (Å²) in [7, 11) is 1.65. The van der Waals surface area contributed by atoms with E-state index in [4.69, 9.17) is 4.74 Å². The van der Waals surface area contributed by atoms with Crippen molar-refractivity contribution in [3.05, 3.63) is 77.7 Å². The molecule has 0 spiro atoms. The van der Waals surface area contributed by atoms with Crippen molar-refractivity contribution in [3.63, 3.8) is 0 Å². The van der Waals surface area contributed by atoms with E-state index in [0.29, 0.717) is 19.0 Å². The number of nitrogens with zero attached hydrogens (tertiary/aromatic N) is 2. The number of rotatable bonds is 8. The molecule has 26 heavy (non-hydrogen) atoms. The Bertz CT molecular complexity index is 839. The highest BCUT2D eigenvalue weighted by Crippen LogP contribution is 2.18. The Labute approximate surface area is 152 Å². The molecule has 0 amide bonds. The van der Waals surface area contributed by atoms with Crippen molar-refractivity contribution >= 4 is 11.8 Å². The topological polar surface area (TPSA) is 59.1 Å². The second kappa shape index (κ2) is 8.80. The summed E-state index contributed by atoms with van der Waals surface area (Å²) in [6.07, 6.45) is 2.49. The van der Waals surface area contributed by atoms with Crippen LogP contribution in [-0.2, 0) is 13.0 Å². The summed E-state index contributed by atoms with van der Waals surface area (Å²) >= 11 is 0. The van der Waals surface area contributed by atoms with Crippen molar-refractivity contribution in [1.82, 2.24) is 9.97 Å². The van der Waals surface area contributed by atoms with Crippen molar-refractivity contribution < 1.29 is 9.13 Å². The van der Waals surface area contributed by atoms with E-state index < -0.39 is 0 Å². The summed E-state index contributed by atoms with van der Waals surface area (Å²) in [5.74, 6) is 1.89. The molecule has 0 aliphatic heterocycles. The minimum absolute atomic E-state index is 0.219. The number of ether oxygens (including phenoxy) is 1. The first kappa shape index (κ1) is 17.7. The largest absolute Gasteiger partial charge is 0.496 e. The van der Waals surface area contributed by atoms with E-state index in [1.807, 2.05) is 30.3 Å². The van der Waals surface area contributed by atoms with Gasteiger partial charge in [-0.25, -0.2) is 9.37 Å². The quantitative estimate of drug-likeness (QED) is 0.644. The normalized spacial score (nSPS) is 10.4. The van der Waals surface area contributed by atoms with Crippen LogP contribution >= 0.6 is 0 Å². The van der Waals surface area contributed by atoms with Crippen LogP contribution in [0.25, 0.3) is 0 Å². The minimum Gasteiger partial charge on any atom is -0.496 e. The van der Waals surface area contributed by atoms with E-state index in [0.717, 1.165) is 29.1 Å². The molecular weight excluding hydrogens is 331 g/mol. The number of halogens is 1. The van der Waals surface area contributed by atoms with Gasteiger partial charge in [0, 0.05) is 24.8 Å². The molecule has 134 valence electrons. The fraction of sp³-hybridized carbons (Fsp3) is 0.200. The van der Waals surface area contributed by atoms with E-state index in [2.05, 4.69) is 20.6 Å². The van der Waals surface area contributed by atoms with E-state index in [1.165, 1.54) is 12.1 Å². The lowest BCUT2D eigenvalue weighted by atomic mass is 10.1. The highest BCUT2D eigenvalue weighted by atomic mass is 19.1. The second-order valence-corrected chi connectivity index (χ2v) is 5.73.